The summed E-state index contributed by atoms with van der Waals surface area (Å²) in [6.07, 6.45) is 1.08. The molecule has 1 saturated heterocycles. The fraction of sp³-hybridized carbons (Fsp3) is 0.600. The lowest BCUT2D eigenvalue weighted by Gasteiger charge is -2.41. The van der Waals surface area contributed by atoms with E-state index >= 15 is 0 Å². The zero-order chi connectivity index (χ0) is 18.7. The Morgan fingerprint density at radius 1 is 1.24 bits per heavy atom. The number of likely N-dealkylation sites (tertiary alicyclic amines) is 1. The second-order valence-corrected chi connectivity index (χ2v) is 8.18. The van der Waals surface area contributed by atoms with E-state index in [1.165, 1.54) is 0 Å². The van der Waals surface area contributed by atoms with Crippen molar-refractivity contribution in [2.75, 3.05) is 13.1 Å². The van der Waals surface area contributed by atoms with Gasteiger partial charge in [0.2, 0.25) is 0 Å². The van der Waals surface area contributed by atoms with Crippen molar-refractivity contribution >= 4 is 6.09 Å². The highest BCUT2D eigenvalue weighted by Crippen LogP contribution is 2.42. The maximum atomic E-state index is 12.2. The van der Waals surface area contributed by atoms with Crippen LogP contribution in [0.3, 0.4) is 0 Å². The molecule has 0 aliphatic carbocycles. The summed E-state index contributed by atoms with van der Waals surface area (Å²) in [7, 11) is 0. The summed E-state index contributed by atoms with van der Waals surface area (Å²) in [5.74, 6) is 0. The maximum Gasteiger partial charge on any atom is 0.410 e. The molecular weight excluding hydrogens is 316 g/mol. The van der Waals surface area contributed by atoms with Crippen LogP contribution in [0, 0.1) is 16.7 Å². The van der Waals surface area contributed by atoms with Crippen LogP contribution < -0.4 is 0 Å². The lowest BCUT2D eigenvalue weighted by Crippen LogP contribution is -2.46. The van der Waals surface area contributed by atoms with Crippen LogP contribution in [-0.2, 0) is 10.3 Å². The molecule has 1 fully saturated rings. The standard InChI is InChI=1S/C20H28N2O3/c1-18(2,3)25-17(23)22-12-10-20(15-21,11-13-22)14-19(4,24)16-8-6-5-7-9-16/h5-9,24H,10-14H2,1-4H3. The van der Waals surface area contributed by atoms with Gasteiger partial charge in [0.15, 0.2) is 0 Å². The first-order valence-corrected chi connectivity index (χ1v) is 8.74. The molecule has 0 spiro atoms. The number of amides is 1. The molecule has 0 aromatic heterocycles. The molecule has 1 aromatic carbocycles. The largest absolute Gasteiger partial charge is 0.444 e. The fourth-order valence-corrected chi connectivity index (χ4v) is 3.33. The van der Waals surface area contributed by atoms with Crippen molar-refractivity contribution in [3.63, 3.8) is 0 Å². The molecule has 1 aliphatic heterocycles. The number of hydrogen-bond donors (Lipinski definition) is 1. The smallest absolute Gasteiger partial charge is 0.410 e. The second-order valence-electron chi connectivity index (χ2n) is 8.18. The zero-order valence-corrected chi connectivity index (χ0v) is 15.6. The Labute approximate surface area is 150 Å². The number of nitrogens with zero attached hydrogens (tertiary/aromatic N) is 2. The summed E-state index contributed by atoms with van der Waals surface area (Å²) in [6.45, 7) is 8.20. The van der Waals surface area contributed by atoms with E-state index in [-0.39, 0.29) is 6.09 Å². The molecule has 5 nitrogen and oxygen atoms in total. The van der Waals surface area contributed by atoms with Gasteiger partial charge in [-0.25, -0.2) is 4.79 Å². The molecule has 1 unspecified atom stereocenters. The van der Waals surface area contributed by atoms with Crippen molar-refractivity contribution < 1.29 is 14.6 Å². The fourth-order valence-electron chi connectivity index (χ4n) is 3.33. The van der Waals surface area contributed by atoms with Crippen molar-refractivity contribution in [3.8, 4) is 6.07 Å². The summed E-state index contributed by atoms with van der Waals surface area (Å²) < 4.78 is 5.40. The Hall–Kier alpha value is -2.06. The summed E-state index contributed by atoms with van der Waals surface area (Å²) in [6, 6.07) is 11.8. The van der Waals surface area contributed by atoms with E-state index < -0.39 is 16.6 Å². The number of piperidine rings is 1. The molecule has 0 bridgehead atoms. The van der Waals surface area contributed by atoms with Crippen molar-refractivity contribution in [2.45, 2.75) is 58.2 Å². The Balaban J connectivity index is 2.04. The van der Waals surface area contributed by atoms with Crippen LogP contribution >= 0.6 is 0 Å². The van der Waals surface area contributed by atoms with Crippen LogP contribution in [0.25, 0.3) is 0 Å². The highest BCUT2D eigenvalue weighted by atomic mass is 16.6. The number of carbonyl (C=O) groups is 1. The minimum atomic E-state index is -1.08. The molecule has 5 heteroatoms. The van der Waals surface area contributed by atoms with Gasteiger partial charge in [0.1, 0.15) is 5.60 Å². The van der Waals surface area contributed by atoms with Crippen LogP contribution in [0.2, 0.25) is 0 Å². The van der Waals surface area contributed by atoms with Crippen LogP contribution in [0.5, 0.6) is 0 Å². The average Bonchev–Trinajstić information content (AvgIpc) is 2.54. The number of benzene rings is 1. The minimum Gasteiger partial charge on any atom is -0.444 e. The predicted octanol–water partition coefficient (Wildman–Crippen LogP) is 3.83. The van der Waals surface area contributed by atoms with Gasteiger partial charge >= 0.3 is 6.09 Å². The van der Waals surface area contributed by atoms with E-state index in [9.17, 15) is 15.2 Å². The Morgan fingerprint density at radius 2 is 1.80 bits per heavy atom. The first-order valence-electron chi connectivity index (χ1n) is 8.74. The SMILES string of the molecule is CC(C)(C)OC(=O)N1CCC(C#N)(CC(C)(O)c2ccccc2)CC1. The summed E-state index contributed by atoms with van der Waals surface area (Å²) in [5, 5.41) is 20.7. The highest BCUT2D eigenvalue weighted by molar-refractivity contribution is 5.68. The number of carbonyl (C=O) groups excluding carboxylic acids is 1. The lowest BCUT2D eigenvalue weighted by atomic mass is 9.70. The van der Waals surface area contributed by atoms with Crippen LogP contribution in [-0.4, -0.2) is 34.8 Å². The van der Waals surface area contributed by atoms with Crippen molar-refractivity contribution in [1.82, 2.24) is 4.90 Å². The number of rotatable bonds is 3. The third-order valence-corrected chi connectivity index (χ3v) is 4.69. The molecule has 1 aromatic rings. The van der Waals surface area contributed by atoms with Crippen molar-refractivity contribution in [2.24, 2.45) is 5.41 Å². The topological polar surface area (TPSA) is 73.6 Å². The van der Waals surface area contributed by atoms with Crippen LogP contribution in [0.1, 0.15) is 52.5 Å². The van der Waals surface area contributed by atoms with Gasteiger partial charge in [0.05, 0.1) is 17.1 Å². The minimum absolute atomic E-state index is 0.339. The van der Waals surface area contributed by atoms with Gasteiger partial charge in [-0.15, -0.1) is 0 Å². The number of nitriles is 1. The molecule has 136 valence electrons. The molecule has 1 atom stereocenters. The number of ether oxygens (including phenoxy) is 1. The summed E-state index contributed by atoms with van der Waals surface area (Å²) >= 11 is 0. The molecular formula is C20H28N2O3. The Morgan fingerprint density at radius 3 is 2.28 bits per heavy atom. The van der Waals surface area contributed by atoms with Gasteiger partial charge < -0.3 is 14.7 Å². The second kappa shape index (κ2) is 7.05. The van der Waals surface area contributed by atoms with Crippen LogP contribution in [0.4, 0.5) is 4.79 Å². The van der Waals surface area contributed by atoms with Crippen molar-refractivity contribution in [1.29, 1.82) is 5.26 Å². The molecule has 25 heavy (non-hydrogen) atoms. The van der Waals surface area contributed by atoms with E-state index in [0.29, 0.717) is 32.4 Å². The number of hydrogen-bond acceptors (Lipinski definition) is 4. The first kappa shape index (κ1) is 19.3. The Bertz CT molecular complexity index is 633. The van der Waals surface area contributed by atoms with E-state index in [1.807, 2.05) is 51.1 Å². The zero-order valence-electron chi connectivity index (χ0n) is 15.6. The van der Waals surface area contributed by atoms with Gasteiger partial charge in [-0.3, -0.25) is 0 Å². The average molecular weight is 344 g/mol. The van der Waals surface area contributed by atoms with E-state index in [4.69, 9.17) is 4.74 Å². The monoisotopic (exact) mass is 344 g/mol. The molecule has 1 amide bonds. The molecule has 1 aliphatic rings. The van der Waals surface area contributed by atoms with Gasteiger partial charge in [0, 0.05) is 13.1 Å². The van der Waals surface area contributed by atoms with E-state index in [0.717, 1.165) is 5.56 Å². The van der Waals surface area contributed by atoms with E-state index in [2.05, 4.69) is 6.07 Å². The summed E-state index contributed by atoms with van der Waals surface area (Å²) in [5.41, 5.74) is -1.44. The molecule has 2 rings (SSSR count). The van der Waals surface area contributed by atoms with E-state index in [1.54, 1.807) is 11.8 Å². The normalized spacial score (nSPS) is 19.6. The third-order valence-electron chi connectivity index (χ3n) is 4.69. The molecule has 1 N–H and O–H groups in total. The molecule has 0 radical (unpaired) electrons. The van der Waals surface area contributed by atoms with Gasteiger partial charge in [-0.2, -0.15) is 5.26 Å². The van der Waals surface area contributed by atoms with Crippen LogP contribution in [0.15, 0.2) is 30.3 Å². The molecule has 1 heterocycles. The van der Waals surface area contributed by atoms with Gasteiger partial charge in [-0.05, 0) is 52.5 Å². The van der Waals surface area contributed by atoms with Crippen molar-refractivity contribution in [3.05, 3.63) is 35.9 Å². The first-order chi connectivity index (χ1) is 11.6. The molecule has 0 saturated carbocycles. The lowest BCUT2D eigenvalue weighted by molar-refractivity contribution is -0.0127. The predicted molar refractivity (Wildman–Crippen MR) is 95.7 cm³/mol. The van der Waals surface area contributed by atoms with Gasteiger partial charge in [0.25, 0.3) is 0 Å². The van der Waals surface area contributed by atoms with Gasteiger partial charge in [-0.1, -0.05) is 30.3 Å². The summed E-state index contributed by atoms with van der Waals surface area (Å²) in [4.78, 5) is 13.8. The highest BCUT2D eigenvalue weighted by Gasteiger charge is 2.42. The number of aliphatic hydroxyl groups is 1. The quantitative estimate of drug-likeness (QED) is 0.904. The third kappa shape index (κ3) is 4.96. The Kier molecular flexibility index (Phi) is 5.43. The maximum absolute atomic E-state index is 12.2.